The second kappa shape index (κ2) is 5.98. The lowest BCUT2D eigenvalue weighted by Gasteiger charge is -2.16. The fraction of sp³-hybridized carbons (Fsp3) is 0.250. The number of hydrogen-bond acceptors (Lipinski definition) is 4. The Morgan fingerprint density at radius 3 is 2.76 bits per heavy atom. The first-order valence-corrected chi connectivity index (χ1v) is 6.93. The van der Waals surface area contributed by atoms with E-state index in [1.54, 1.807) is 18.3 Å². The van der Waals surface area contributed by atoms with Crippen LogP contribution in [0.5, 0.6) is 0 Å². The highest BCUT2D eigenvalue weighted by Crippen LogP contribution is 2.31. The number of thiazole rings is 1. The Morgan fingerprint density at radius 1 is 1.48 bits per heavy atom. The maximum absolute atomic E-state index is 12.4. The van der Waals surface area contributed by atoms with Gasteiger partial charge in [0.1, 0.15) is 15.9 Å². The molecule has 2 aromatic rings. The zero-order chi connectivity index (χ0) is 15.6. The molecular formula is C12H9ClF3N3OS. The molecule has 112 valence electrons. The smallest absolute Gasteiger partial charge is 0.340 e. The van der Waals surface area contributed by atoms with Gasteiger partial charge in [0, 0.05) is 18.0 Å². The lowest BCUT2D eigenvalue weighted by molar-refractivity contribution is -0.149. The molecule has 0 aliphatic rings. The van der Waals surface area contributed by atoms with Gasteiger partial charge in [0.2, 0.25) is 0 Å². The van der Waals surface area contributed by atoms with Crippen molar-refractivity contribution < 1.29 is 18.0 Å². The molecule has 4 nitrogen and oxygen atoms in total. The predicted molar refractivity (Wildman–Crippen MR) is 73.3 cm³/mol. The standard InChI is InChI=1S/C12H9ClF3N3OS/c1-6(12(14,15)16)18-10(20)8-9(13)19-11(21-8)7-3-2-4-17-5-7/h2-6H,1H3,(H,18,20). The average Bonchev–Trinajstić information content (AvgIpc) is 2.81. The molecule has 21 heavy (non-hydrogen) atoms. The SMILES string of the molecule is CC(NC(=O)c1sc(-c2cccnc2)nc1Cl)C(F)(F)F. The summed E-state index contributed by atoms with van der Waals surface area (Å²) in [6.45, 7) is 0.856. The van der Waals surface area contributed by atoms with Crippen molar-refractivity contribution in [2.45, 2.75) is 19.1 Å². The van der Waals surface area contributed by atoms with Crippen LogP contribution in [0.1, 0.15) is 16.6 Å². The summed E-state index contributed by atoms with van der Waals surface area (Å²) in [4.78, 5) is 19.6. The summed E-state index contributed by atoms with van der Waals surface area (Å²) >= 11 is 6.74. The number of nitrogens with one attached hydrogen (secondary N) is 1. The second-order valence-electron chi connectivity index (χ2n) is 4.12. The molecular weight excluding hydrogens is 327 g/mol. The van der Waals surface area contributed by atoms with Crippen molar-refractivity contribution in [3.05, 3.63) is 34.6 Å². The molecule has 0 radical (unpaired) electrons. The van der Waals surface area contributed by atoms with Crippen LogP contribution in [0.3, 0.4) is 0 Å². The number of hydrogen-bond donors (Lipinski definition) is 1. The molecule has 2 rings (SSSR count). The molecule has 0 saturated heterocycles. The molecule has 1 N–H and O–H groups in total. The van der Waals surface area contributed by atoms with Gasteiger partial charge in [0.25, 0.3) is 5.91 Å². The van der Waals surface area contributed by atoms with Gasteiger partial charge in [-0.1, -0.05) is 11.6 Å². The summed E-state index contributed by atoms with van der Waals surface area (Å²) in [6.07, 6.45) is -1.43. The zero-order valence-electron chi connectivity index (χ0n) is 10.6. The summed E-state index contributed by atoms with van der Waals surface area (Å²) < 4.78 is 37.3. The van der Waals surface area contributed by atoms with E-state index in [0.29, 0.717) is 10.6 Å². The van der Waals surface area contributed by atoms with Crippen molar-refractivity contribution in [1.82, 2.24) is 15.3 Å². The van der Waals surface area contributed by atoms with Crippen molar-refractivity contribution >= 4 is 28.8 Å². The first kappa shape index (κ1) is 15.7. The highest BCUT2D eigenvalue weighted by Gasteiger charge is 2.37. The van der Waals surface area contributed by atoms with E-state index in [9.17, 15) is 18.0 Å². The minimum atomic E-state index is -4.51. The van der Waals surface area contributed by atoms with Crippen LogP contribution >= 0.6 is 22.9 Å². The Kier molecular flexibility index (Phi) is 4.48. The molecule has 0 fully saturated rings. The summed E-state index contributed by atoms with van der Waals surface area (Å²) in [7, 11) is 0. The molecule has 0 bridgehead atoms. The molecule has 2 heterocycles. The third-order valence-corrected chi connectivity index (χ3v) is 4.03. The van der Waals surface area contributed by atoms with E-state index in [2.05, 4.69) is 9.97 Å². The van der Waals surface area contributed by atoms with Gasteiger partial charge < -0.3 is 5.32 Å². The number of amides is 1. The predicted octanol–water partition coefficient (Wildman–Crippen LogP) is 3.54. The Balaban J connectivity index is 2.22. The van der Waals surface area contributed by atoms with Crippen LogP contribution in [0.15, 0.2) is 24.5 Å². The van der Waals surface area contributed by atoms with Crippen LogP contribution in [0.4, 0.5) is 13.2 Å². The summed E-state index contributed by atoms with van der Waals surface area (Å²) in [6, 6.07) is 1.42. The van der Waals surface area contributed by atoms with Crippen molar-refractivity contribution in [3.8, 4) is 10.6 Å². The monoisotopic (exact) mass is 335 g/mol. The molecule has 0 spiro atoms. The summed E-state index contributed by atoms with van der Waals surface area (Å²) in [5.41, 5.74) is 0.632. The van der Waals surface area contributed by atoms with Gasteiger partial charge in [-0.2, -0.15) is 13.2 Å². The van der Waals surface area contributed by atoms with Gasteiger partial charge in [-0.05, 0) is 19.1 Å². The summed E-state index contributed by atoms with van der Waals surface area (Å²) in [5.74, 6) is -0.905. The van der Waals surface area contributed by atoms with E-state index in [0.717, 1.165) is 18.3 Å². The fourth-order valence-corrected chi connectivity index (χ4v) is 2.58. The highest BCUT2D eigenvalue weighted by molar-refractivity contribution is 7.17. The van der Waals surface area contributed by atoms with Crippen LogP contribution in [0, 0.1) is 0 Å². The van der Waals surface area contributed by atoms with Crippen molar-refractivity contribution in [2.24, 2.45) is 0 Å². The third-order valence-electron chi connectivity index (χ3n) is 2.54. The number of carbonyl (C=O) groups is 1. The normalized spacial score (nSPS) is 13.0. The molecule has 9 heteroatoms. The van der Waals surface area contributed by atoms with E-state index in [4.69, 9.17) is 11.6 Å². The fourth-order valence-electron chi connectivity index (χ4n) is 1.40. The lowest BCUT2D eigenvalue weighted by atomic mass is 10.3. The number of halogens is 4. The minimum absolute atomic E-state index is 0.0633. The van der Waals surface area contributed by atoms with Crippen LogP contribution in [0.25, 0.3) is 10.6 Å². The third kappa shape index (κ3) is 3.70. The minimum Gasteiger partial charge on any atom is -0.340 e. The maximum Gasteiger partial charge on any atom is 0.408 e. The molecule has 1 unspecified atom stereocenters. The molecule has 0 saturated carbocycles. The molecule has 1 atom stereocenters. The van der Waals surface area contributed by atoms with Gasteiger partial charge >= 0.3 is 6.18 Å². The Bertz CT molecular complexity index is 645. The molecule has 0 aliphatic heterocycles. The molecule has 0 aliphatic carbocycles. The Hall–Kier alpha value is -1.67. The van der Waals surface area contributed by atoms with Gasteiger partial charge in [0.15, 0.2) is 5.15 Å². The van der Waals surface area contributed by atoms with Crippen LogP contribution < -0.4 is 5.32 Å². The van der Waals surface area contributed by atoms with Crippen LogP contribution in [-0.4, -0.2) is 28.1 Å². The maximum atomic E-state index is 12.4. The Labute approximate surface area is 127 Å². The number of pyridine rings is 1. The largest absolute Gasteiger partial charge is 0.408 e. The van der Waals surface area contributed by atoms with E-state index in [1.807, 2.05) is 5.32 Å². The van der Waals surface area contributed by atoms with Crippen molar-refractivity contribution in [3.63, 3.8) is 0 Å². The van der Waals surface area contributed by atoms with E-state index >= 15 is 0 Å². The van der Waals surface area contributed by atoms with Crippen LogP contribution in [0.2, 0.25) is 5.15 Å². The number of carbonyl (C=O) groups excluding carboxylic acids is 1. The zero-order valence-corrected chi connectivity index (χ0v) is 12.2. The lowest BCUT2D eigenvalue weighted by Crippen LogP contribution is -2.42. The van der Waals surface area contributed by atoms with Crippen molar-refractivity contribution in [1.29, 1.82) is 0 Å². The van der Waals surface area contributed by atoms with Gasteiger partial charge in [0.05, 0.1) is 0 Å². The first-order valence-electron chi connectivity index (χ1n) is 5.73. The molecule has 0 aromatic carbocycles. The Morgan fingerprint density at radius 2 is 2.19 bits per heavy atom. The van der Waals surface area contributed by atoms with E-state index in [-0.39, 0.29) is 10.0 Å². The highest BCUT2D eigenvalue weighted by atomic mass is 35.5. The van der Waals surface area contributed by atoms with Gasteiger partial charge in [-0.15, -0.1) is 11.3 Å². The van der Waals surface area contributed by atoms with E-state index in [1.165, 1.54) is 6.20 Å². The quantitative estimate of drug-likeness (QED) is 0.933. The number of nitrogens with zero attached hydrogens (tertiary/aromatic N) is 2. The summed E-state index contributed by atoms with van der Waals surface area (Å²) in [5, 5.41) is 2.13. The first-order chi connectivity index (χ1) is 9.79. The van der Waals surface area contributed by atoms with Crippen LogP contribution in [-0.2, 0) is 0 Å². The molecule has 1 amide bonds. The van der Waals surface area contributed by atoms with E-state index < -0.39 is 18.1 Å². The average molecular weight is 336 g/mol. The topological polar surface area (TPSA) is 54.9 Å². The van der Waals surface area contributed by atoms with Gasteiger partial charge in [-0.3, -0.25) is 9.78 Å². The number of alkyl halides is 3. The molecule has 2 aromatic heterocycles. The second-order valence-corrected chi connectivity index (χ2v) is 5.47. The number of rotatable bonds is 3. The van der Waals surface area contributed by atoms with Gasteiger partial charge in [-0.25, -0.2) is 4.98 Å². The number of aromatic nitrogens is 2. The van der Waals surface area contributed by atoms with Crippen molar-refractivity contribution in [2.75, 3.05) is 0 Å².